The SMILES string of the molecule is CC(NC(=O)C1CC2CCCC(C1)C2N)c1cccc(OC(F)F)c1.Cl. The summed E-state index contributed by atoms with van der Waals surface area (Å²) in [7, 11) is 0. The van der Waals surface area contributed by atoms with Crippen molar-refractivity contribution in [3.63, 3.8) is 0 Å². The lowest BCUT2D eigenvalue weighted by molar-refractivity contribution is -0.128. The van der Waals surface area contributed by atoms with Crippen LogP contribution in [0.25, 0.3) is 0 Å². The smallest absolute Gasteiger partial charge is 0.387 e. The van der Waals surface area contributed by atoms with Gasteiger partial charge in [-0.1, -0.05) is 18.6 Å². The standard InChI is InChI=1S/C19H26F2N2O2.ClH/c1-11(12-4-3-7-16(10-12)25-19(20)21)23-18(24)15-8-13-5-2-6-14(9-15)17(13)22;/h3-4,7,10-11,13-15,17,19H,2,5-6,8-9,22H2,1H3,(H,23,24);1H. The Morgan fingerprint density at radius 1 is 1.27 bits per heavy atom. The normalized spacial score (nSPS) is 28.8. The zero-order chi connectivity index (χ0) is 18.0. The molecule has 2 fully saturated rings. The van der Waals surface area contributed by atoms with Gasteiger partial charge in [0.25, 0.3) is 0 Å². The predicted octanol–water partition coefficient (Wildman–Crippen LogP) is 4.04. The summed E-state index contributed by atoms with van der Waals surface area (Å²) in [4.78, 5) is 12.7. The number of hydrogen-bond acceptors (Lipinski definition) is 3. The molecule has 0 aliphatic heterocycles. The van der Waals surface area contributed by atoms with Crippen molar-refractivity contribution in [1.82, 2.24) is 5.32 Å². The molecule has 0 spiro atoms. The molecule has 1 aromatic carbocycles. The highest BCUT2D eigenvalue weighted by molar-refractivity contribution is 5.85. The predicted molar refractivity (Wildman–Crippen MR) is 98.4 cm³/mol. The molecule has 146 valence electrons. The molecule has 2 aliphatic carbocycles. The largest absolute Gasteiger partial charge is 0.435 e. The second-order valence-electron chi connectivity index (χ2n) is 7.38. The second kappa shape index (κ2) is 9.00. The van der Waals surface area contributed by atoms with Gasteiger partial charge in [-0.2, -0.15) is 8.78 Å². The van der Waals surface area contributed by atoms with E-state index in [0.717, 1.165) is 31.2 Å². The fourth-order valence-electron chi connectivity index (χ4n) is 4.38. The molecule has 26 heavy (non-hydrogen) atoms. The average Bonchev–Trinajstić information content (AvgIpc) is 2.54. The van der Waals surface area contributed by atoms with E-state index >= 15 is 0 Å². The summed E-state index contributed by atoms with van der Waals surface area (Å²) < 4.78 is 29.1. The van der Waals surface area contributed by atoms with Crippen molar-refractivity contribution in [3.05, 3.63) is 29.8 Å². The van der Waals surface area contributed by atoms with E-state index in [9.17, 15) is 13.6 Å². The Morgan fingerprint density at radius 2 is 1.92 bits per heavy atom. The van der Waals surface area contributed by atoms with Crippen LogP contribution in [0, 0.1) is 17.8 Å². The molecule has 0 saturated heterocycles. The number of ether oxygens (including phenoxy) is 1. The summed E-state index contributed by atoms with van der Waals surface area (Å²) in [5.41, 5.74) is 7.04. The zero-order valence-electron chi connectivity index (χ0n) is 14.9. The lowest BCUT2D eigenvalue weighted by atomic mass is 9.65. The highest BCUT2D eigenvalue weighted by Gasteiger charge is 2.40. The number of nitrogens with two attached hydrogens (primary N) is 1. The lowest BCUT2D eigenvalue weighted by Gasteiger charge is -2.43. The molecule has 0 aromatic heterocycles. The molecule has 3 N–H and O–H groups in total. The number of hydrogen-bond donors (Lipinski definition) is 2. The van der Waals surface area contributed by atoms with Crippen molar-refractivity contribution >= 4 is 18.3 Å². The van der Waals surface area contributed by atoms with Crippen LogP contribution in [-0.4, -0.2) is 18.6 Å². The van der Waals surface area contributed by atoms with Crippen LogP contribution in [0.15, 0.2) is 24.3 Å². The number of nitrogens with one attached hydrogen (secondary N) is 1. The first-order valence-corrected chi connectivity index (χ1v) is 9.04. The maximum absolute atomic E-state index is 12.7. The number of halogens is 3. The first-order valence-electron chi connectivity index (χ1n) is 9.04. The Bertz CT molecular complexity index is 603. The maximum Gasteiger partial charge on any atom is 0.387 e. The number of alkyl halides is 2. The third kappa shape index (κ3) is 4.86. The van der Waals surface area contributed by atoms with Gasteiger partial charge in [-0.05, 0) is 62.1 Å². The Hall–Kier alpha value is -1.40. The molecule has 0 radical (unpaired) electrons. The first-order chi connectivity index (χ1) is 11.9. The van der Waals surface area contributed by atoms with E-state index in [1.54, 1.807) is 18.2 Å². The van der Waals surface area contributed by atoms with E-state index in [1.165, 1.54) is 12.5 Å². The number of rotatable bonds is 5. The van der Waals surface area contributed by atoms with Gasteiger partial charge in [0.2, 0.25) is 5.91 Å². The fourth-order valence-corrected chi connectivity index (χ4v) is 4.38. The van der Waals surface area contributed by atoms with E-state index in [1.807, 2.05) is 6.92 Å². The van der Waals surface area contributed by atoms with Gasteiger partial charge in [-0.15, -0.1) is 12.4 Å². The van der Waals surface area contributed by atoms with Crippen LogP contribution in [0.5, 0.6) is 5.75 Å². The van der Waals surface area contributed by atoms with Crippen LogP contribution in [0.1, 0.15) is 50.6 Å². The monoisotopic (exact) mass is 388 g/mol. The Morgan fingerprint density at radius 3 is 2.54 bits per heavy atom. The minimum Gasteiger partial charge on any atom is -0.435 e. The van der Waals surface area contributed by atoms with Crippen LogP contribution in [-0.2, 0) is 4.79 Å². The van der Waals surface area contributed by atoms with Crippen molar-refractivity contribution in [2.75, 3.05) is 0 Å². The third-order valence-corrected chi connectivity index (χ3v) is 5.73. The van der Waals surface area contributed by atoms with E-state index in [-0.39, 0.29) is 42.1 Å². The van der Waals surface area contributed by atoms with Gasteiger partial charge >= 0.3 is 6.61 Å². The Labute approximate surface area is 159 Å². The van der Waals surface area contributed by atoms with Gasteiger partial charge in [0.1, 0.15) is 5.75 Å². The molecule has 2 aliphatic rings. The van der Waals surface area contributed by atoms with Crippen molar-refractivity contribution in [2.45, 2.75) is 57.7 Å². The van der Waals surface area contributed by atoms with E-state index in [4.69, 9.17) is 5.73 Å². The molecule has 3 unspecified atom stereocenters. The minimum absolute atomic E-state index is 0. The number of carbonyl (C=O) groups is 1. The summed E-state index contributed by atoms with van der Waals surface area (Å²) >= 11 is 0. The number of benzene rings is 1. The Balaban J connectivity index is 0.00000243. The van der Waals surface area contributed by atoms with Crippen molar-refractivity contribution < 1.29 is 18.3 Å². The summed E-state index contributed by atoms with van der Waals surface area (Å²) in [6, 6.07) is 6.45. The molecule has 1 amide bonds. The molecule has 2 bridgehead atoms. The van der Waals surface area contributed by atoms with Crippen LogP contribution >= 0.6 is 12.4 Å². The molecule has 3 rings (SSSR count). The third-order valence-electron chi connectivity index (χ3n) is 5.73. The van der Waals surface area contributed by atoms with Gasteiger partial charge in [-0.3, -0.25) is 4.79 Å². The van der Waals surface area contributed by atoms with Crippen molar-refractivity contribution in [1.29, 1.82) is 0 Å². The van der Waals surface area contributed by atoms with Gasteiger partial charge in [0, 0.05) is 12.0 Å². The number of fused-ring (bicyclic) bond motifs is 2. The molecule has 7 heteroatoms. The van der Waals surface area contributed by atoms with Crippen LogP contribution in [0.2, 0.25) is 0 Å². The zero-order valence-corrected chi connectivity index (χ0v) is 15.7. The van der Waals surface area contributed by atoms with Crippen LogP contribution < -0.4 is 15.8 Å². The second-order valence-corrected chi connectivity index (χ2v) is 7.38. The van der Waals surface area contributed by atoms with E-state index in [2.05, 4.69) is 10.1 Å². The molecule has 0 heterocycles. The molecule has 1 aromatic rings. The topological polar surface area (TPSA) is 64.4 Å². The first kappa shape index (κ1) is 20.9. The van der Waals surface area contributed by atoms with E-state index < -0.39 is 6.61 Å². The van der Waals surface area contributed by atoms with Gasteiger partial charge in [0.15, 0.2) is 0 Å². The van der Waals surface area contributed by atoms with Gasteiger partial charge in [0.05, 0.1) is 6.04 Å². The summed E-state index contributed by atoms with van der Waals surface area (Å²) in [5.74, 6) is 1.03. The quantitative estimate of drug-likeness (QED) is 0.800. The molecular weight excluding hydrogens is 362 g/mol. The fraction of sp³-hybridized carbons (Fsp3) is 0.632. The van der Waals surface area contributed by atoms with Crippen molar-refractivity contribution in [2.24, 2.45) is 23.5 Å². The van der Waals surface area contributed by atoms with Gasteiger partial charge < -0.3 is 15.8 Å². The maximum atomic E-state index is 12.7. The summed E-state index contributed by atoms with van der Waals surface area (Å²) in [5, 5.41) is 3.03. The van der Waals surface area contributed by atoms with Crippen molar-refractivity contribution in [3.8, 4) is 5.75 Å². The minimum atomic E-state index is -2.86. The number of carbonyl (C=O) groups excluding carboxylic acids is 1. The number of amides is 1. The van der Waals surface area contributed by atoms with E-state index in [0.29, 0.717) is 11.8 Å². The molecule has 3 atom stereocenters. The highest BCUT2D eigenvalue weighted by atomic mass is 35.5. The average molecular weight is 389 g/mol. The summed E-state index contributed by atoms with van der Waals surface area (Å²) in [6.07, 6.45) is 5.15. The lowest BCUT2D eigenvalue weighted by Crippen LogP contribution is -2.49. The van der Waals surface area contributed by atoms with Crippen LogP contribution in [0.4, 0.5) is 8.78 Å². The Kier molecular flexibility index (Phi) is 7.24. The van der Waals surface area contributed by atoms with Crippen LogP contribution in [0.3, 0.4) is 0 Å². The molecular formula is C19H27ClF2N2O2. The molecule has 2 saturated carbocycles. The summed E-state index contributed by atoms with van der Waals surface area (Å²) in [6.45, 7) is -1.000. The highest BCUT2D eigenvalue weighted by Crippen LogP contribution is 2.42. The molecule has 4 nitrogen and oxygen atoms in total. The van der Waals surface area contributed by atoms with Gasteiger partial charge in [-0.25, -0.2) is 0 Å².